The number of hydrogen-bond donors (Lipinski definition) is 0. The standard InChI is InChI=1S/C18H22N4O4/c1-3-24-10-16-19-20-18-12(2)21(6-7-22(16)18)17(23)9-13-4-5-14-15(8-13)26-11-25-14/h4-5,8,12H,3,6-7,9-11H2,1-2H3/t12-/m1/s1. The number of nitrogens with zero attached hydrogens (tertiary/aromatic N) is 4. The highest BCUT2D eigenvalue weighted by Gasteiger charge is 2.31. The first-order chi connectivity index (χ1) is 12.7. The number of carbonyl (C=O) groups excluding carboxylic acids is 1. The molecule has 0 spiro atoms. The number of benzene rings is 1. The van der Waals surface area contributed by atoms with Gasteiger partial charge in [0.2, 0.25) is 12.7 Å². The van der Waals surface area contributed by atoms with E-state index in [0.29, 0.717) is 38.5 Å². The first-order valence-corrected chi connectivity index (χ1v) is 8.85. The van der Waals surface area contributed by atoms with Crippen LogP contribution in [0.1, 0.15) is 37.1 Å². The van der Waals surface area contributed by atoms with E-state index in [4.69, 9.17) is 14.2 Å². The van der Waals surface area contributed by atoms with Crippen LogP contribution in [0.25, 0.3) is 0 Å². The Morgan fingerprint density at radius 3 is 2.96 bits per heavy atom. The van der Waals surface area contributed by atoms with Gasteiger partial charge in [-0.3, -0.25) is 4.79 Å². The molecule has 2 aliphatic rings. The van der Waals surface area contributed by atoms with Gasteiger partial charge in [-0.2, -0.15) is 0 Å². The van der Waals surface area contributed by atoms with Gasteiger partial charge in [0.1, 0.15) is 6.61 Å². The molecule has 0 saturated heterocycles. The number of hydrogen-bond acceptors (Lipinski definition) is 6. The van der Waals surface area contributed by atoms with Crippen molar-refractivity contribution in [2.24, 2.45) is 0 Å². The number of aromatic nitrogens is 3. The fraction of sp³-hybridized carbons (Fsp3) is 0.500. The lowest BCUT2D eigenvalue weighted by atomic mass is 10.1. The highest BCUT2D eigenvalue weighted by Crippen LogP contribution is 2.33. The maximum Gasteiger partial charge on any atom is 0.231 e. The van der Waals surface area contributed by atoms with Crippen molar-refractivity contribution in [3.05, 3.63) is 35.4 Å². The summed E-state index contributed by atoms with van der Waals surface area (Å²) in [6.45, 7) is 6.57. The summed E-state index contributed by atoms with van der Waals surface area (Å²) in [5.74, 6) is 3.11. The average molecular weight is 358 g/mol. The summed E-state index contributed by atoms with van der Waals surface area (Å²) in [4.78, 5) is 14.7. The van der Waals surface area contributed by atoms with Crippen molar-refractivity contribution >= 4 is 5.91 Å². The van der Waals surface area contributed by atoms with Crippen molar-refractivity contribution < 1.29 is 19.0 Å². The van der Waals surface area contributed by atoms with Gasteiger partial charge in [0.25, 0.3) is 0 Å². The van der Waals surface area contributed by atoms with Crippen molar-refractivity contribution in [3.63, 3.8) is 0 Å². The molecule has 2 aromatic rings. The topological polar surface area (TPSA) is 78.7 Å². The minimum absolute atomic E-state index is 0.0666. The molecule has 2 aliphatic heterocycles. The van der Waals surface area contributed by atoms with Gasteiger partial charge in [-0.1, -0.05) is 6.07 Å². The maximum atomic E-state index is 12.8. The second-order valence-corrected chi connectivity index (χ2v) is 6.39. The van der Waals surface area contributed by atoms with Crippen LogP contribution in [0, 0.1) is 0 Å². The van der Waals surface area contributed by atoms with Gasteiger partial charge >= 0.3 is 0 Å². The van der Waals surface area contributed by atoms with Crippen LogP contribution >= 0.6 is 0 Å². The third-order valence-corrected chi connectivity index (χ3v) is 4.81. The lowest BCUT2D eigenvalue weighted by molar-refractivity contribution is -0.133. The van der Waals surface area contributed by atoms with E-state index in [1.54, 1.807) is 0 Å². The van der Waals surface area contributed by atoms with Gasteiger partial charge in [0.15, 0.2) is 23.1 Å². The Hall–Kier alpha value is -2.61. The number of fused-ring (bicyclic) bond motifs is 2. The van der Waals surface area contributed by atoms with Gasteiger partial charge in [0, 0.05) is 19.7 Å². The van der Waals surface area contributed by atoms with E-state index in [1.165, 1.54) is 0 Å². The predicted octanol–water partition coefficient (Wildman–Crippen LogP) is 1.69. The van der Waals surface area contributed by atoms with Gasteiger partial charge < -0.3 is 23.7 Å². The van der Waals surface area contributed by atoms with E-state index in [0.717, 1.165) is 23.0 Å². The zero-order chi connectivity index (χ0) is 18.1. The monoisotopic (exact) mass is 358 g/mol. The summed E-state index contributed by atoms with van der Waals surface area (Å²) in [5.41, 5.74) is 0.913. The molecule has 1 atom stereocenters. The molecule has 8 nitrogen and oxygen atoms in total. The summed E-state index contributed by atoms with van der Waals surface area (Å²) in [6, 6.07) is 5.51. The lowest BCUT2D eigenvalue weighted by Crippen LogP contribution is -2.42. The van der Waals surface area contributed by atoms with Crippen molar-refractivity contribution in [2.75, 3.05) is 19.9 Å². The third-order valence-electron chi connectivity index (χ3n) is 4.81. The van der Waals surface area contributed by atoms with Crippen molar-refractivity contribution in [2.45, 2.75) is 39.5 Å². The van der Waals surface area contributed by atoms with Crippen LogP contribution in [-0.4, -0.2) is 45.5 Å². The number of rotatable bonds is 5. The van der Waals surface area contributed by atoms with Crippen LogP contribution in [0.2, 0.25) is 0 Å². The van der Waals surface area contributed by atoms with Gasteiger partial charge in [-0.15, -0.1) is 10.2 Å². The molecular weight excluding hydrogens is 336 g/mol. The summed E-state index contributed by atoms with van der Waals surface area (Å²) < 4.78 is 18.2. The molecule has 0 radical (unpaired) electrons. The highest BCUT2D eigenvalue weighted by molar-refractivity contribution is 5.79. The maximum absolute atomic E-state index is 12.8. The van der Waals surface area contributed by atoms with Crippen LogP contribution in [0.5, 0.6) is 11.5 Å². The molecule has 1 amide bonds. The predicted molar refractivity (Wildman–Crippen MR) is 91.7 cm³/mol. The molecular formula is C18H22N4O4. The zero-order valence-corrected chi connectivity index (χ0v) is 15.0. The third kappa shape index (κ3) is 3.01. The minimum Gasteiger partial charge on any atom is -0.454 e. The van der Waals surface area contributed by atoms with Crippen molar-refractivity contribution in [1.82, 2.24) is 19.7 Å². The molecule has 8 heteroatoms. The fourth-order valence-corrected chi connectivity index (χ4v) is 3.41. The molecule has 3 heterocycles. The van der Waals surface area contributed by atoms with Crippen molar-refractivity contribution in [3.8, 4) is 11.5 Å². The molecule has 0 aliphatic carbocycles. The first kappa shape index (κ1) is 16.8. The second-order valence-electron chi connectivity index (χ2n) is 6.39. The zero-order valence-electron chi connectivity index (χ0n) is 15.0. The molecule has 1 aromatic heterocycles. The van der Waals surface area contributed by atoms with Gasteiger partial charge in [0.05, 0.1) is 12.5 Å². The number of amides is 1. The summed E-state index contributed by atoms with van der Waals surface area (Å²) in [7, 11) is 0. The van der Waals surface area contributed by atoms with E-state index in [-0.39, 0.29) is 18.7 Å². The van der Waals surface area contributed by atoms with Crippen LogP contribution in [0.15, 0.2) is 18.2 Å². The molecule has 0 fully saturated rings. The van der Waals surface area contributed by atoms with Gasteiger partial charge in [-0.25, -0.2) is 0 Å². The Morgan fingerprint density at radius 2 is 2.12 bits per heavy atom. The van der Waals surface area contributed by atoms with E-state index in [9.17, 15) is 4.79 Å². The smallest absolute Gasteiger partial charge is 0.231 e. The van der Waals surface area contributed by atoms with E-state index in [2.05, 4.69) is 14.8 Å². The van der Waals surface area contributed by atoms with E-state index >= 15 is 0 Å². The molecule has 26 heavy (non-hydrogen) atoms. The van der Waals surface area contributed by atoms with Crippen molar-refractivity contribution in [1.29, 1.82) is 0 Å². The SMILES string of the molecule is CCOCc1nnc2n1CCN(C(=O)Cc1ccc3c(c1)OCO3)[C@@H]2C. The average Bonchev–Trinajstić information content (AvgIpc) is 3.26. The summed E-state index contributed by atoms with van der Waals surface area (Å²) in [5, 5.41) is 8.50. The lowest BCUT2D eigenvalue weighted by Gasteiger charge is -2.34. The molecule has 1 aromatic carbocycles. The number of ether oxygens (including phenoxy) is 3. The largest absolute Gasteiger partial charge is 0.454 e. The normalized spacial score (nSPS) is 18.1. The summed E-state index contributed by atoms with van der Waals surface area (Å²) >= 11 is 0. The van der Waals surface area contributed by atoms with E-state index < -0.39 is 0 Å². The summed E-state index contributed by atoms with van der Waals surface area (Å²) in [6.07, 6.45) is 0.320. The number of carbonyl (C=O) groups is 1. The second kappa shape index (κ2) is 6.95. The Morgan fingerprint density at radius 1 is 1.27 bits per heavy atom. The minimum atomic E-state index is -0.117. The molecule has 0 bridgehead atoms. The molecule has 0 N–H and O–H groups in total. The molecule has 4 rings (SSSR count). The Kier molecular flexibility index (Phi) is 4.50. The quantitative estimate of drug-likeness (QED) is 0.809. The van der Waals surface area contributed by atoms with Crippen LogP contribution in [0.3, 0.4) is 0 Å². The van der Waals surface area contributed by atoms with Crippen LogP contribution < -0.4 is 9.47 Å². The first-order valence-electron chi connectivity index (χ1n) is 8.85. The molecule has 138 valence electrons. The molecule has 0 saturated carbocycles. The van der Waals surface area contributed by atoms with Crippen LogP contribution in [0.4, 0.5) is 0 Å². The fourth-order valence-electron chi connectivity index (χ4n) is 3.41. The molecule has 0 unspecified atom stereocenters. The Labute approximate surface area is 151 Å². The van der Waals surface area contributed by atoms with Gasteiger partial charge in [-0.05, 0) is 31.5 Å². The Bertz CT molecular complexity index is 820. The van der Waals surface area contributed by atoms with Crippen LogP contribution in [-0.2, 0) is 29.1 Å². The Balaban J connectivity index is 1.46. The highest BCUT2D eigenvalue weighted by atomic mass is 16.7. The van der Waals surface area contributed by atoms with E-state index in [1.807, 2.05) is 36.9 Å².